The Morgan fingerprint density at radius 2 is 2.00 bits per heavy atom. The molecule has 1 atom stereocenters. The molecule has 2 aliphatic heterocycles. The normalized spacial score (nSPS) is 24.1. The molecule has 0 radical (unpaired) electrons. The lowest BCUT2D eigenvalue weighted by atomic mass is 9.86. The van der Waals surface area contributed by atoms with Crippen LogP contribution in [0.25, 0.3) is 0 Å². The van der Waals surface area contributed by atoms with Crippen molar-refractivity contribution in [2.45, 2.75) is 19.0 Å². The summed E-state index contributed by atoms with van der Waals surface area (Å²) in [5.41, 5.74) is -1.90. The van der Waals surface area contributed by atoms with Crippen molar-refractivity contribution in [3.8, 4) is 0 Å². The molecule has 2 heterocycles. The van der Waals surface area contributed by atoms with Gasteiger partial charge in [-0.25, -0.2) is 4.39 Å². The van der Waals surface area contributed by atoms with Crippen molar-refractivity contribution in [2.75, 3.05) is 26.2 Å². The van der Waals surface area contributed by atoms with Crippen molar-refractivity contribution >= 4 is 18.3 Å². The summed E-state index contributed by atoms with van der Waals surface area (Å²) < 4.78 is 52.3. The average molecular weight is 353 g/mol. The number of benzene rings is 1. The fourth-order valence-corrected chi connectivity index (χ4v) is 3.34. The van der Waals surface area contributed by atoms with Gasteiger partial charge in [0, 0.05) is 25.0 Å². The third kappa shape index (κ3) is 3.30. The highest BCUT2D eigenvalue weighted by Gasteiger charge is 2.43. The Kier molecular flexibility index (Phi) is 4.92. The lowest BCUT2D eigenvalue weighted by Crippen LogP contribution is -2.34. The van der Waals surface area contributed by atoms with E-state index in [1.54, 1.807) is 0 Å². The Morgan fingerprint density at radius 3 is 2.61 bits per heavy atom. The molecule has 2 fully saturated rings. The van der Waals surface area contributed by atoms with Crippen LogP contribution in [0.2, 0.25) is 0 Å². The maximum absolute atomic E-state index is 14.1. The van der Waals surface area contributed by atoms with E-state index in [1.807, 2.05) is 0 Å². The third-order valence-electron chi connectivity index (χ3n) is 4.59. The fourth-order valence-electron chi connectivity index (χ4n) is 3.34. The van der Waals surface area contributed by atoms with Crippen LogP contribution in [0.3, 0.4) is 0 Å². The zero-order chi connectivity index (χ0) is 16.0. The molecule has 1 amide bonds. The summed E-state index contributed by atoms with van der Waals surface area (Å²) in [4.78, 5) is 13.8. The van der Waals surface area contributed by atoms with Crippen molar-refractivity contribution < 1.29 is 22.4 Å². The van der Waals surface area contributed by atoms with Crippen LogP contribution in [0.15, 0.2) is 18.2 Å². The van der Waals surface area contributed by atoms with E-state index in [-0.39, 0.29) is 17.8 Å². The molecule has 2 aliphatic rings. The quantitative estimate of drug-likeness (QED) is 0.788. The van der Waals surface area contributed by atoms with Gasteiger partial charge in [-0.15, -0.1) is 12.4 Å². The van der Waals surface area contributed by atoms with Gasteiger partial charge in [-0.3, -0.25) is 4.79 Å². The molecule has 8 heteroatoms. The van der Waals surface area contributed by atoms with Crippen molar-refractivity contribution in [3.05, 3.63) is 35.1 Å². The fraction of sp³-hybridized carbons (Fsp3) is 0.533. The lowest BCUT2D eigenvalue weighted by molar-refractivity contribution is -0.140. The number of rotatable bonds is 1. The Balaban J connectivity index is 0.00000192. The van der Waals surface area contributed by atoms with Gasteiger partial charge in [-0.05, 0) is 31.5 Å². The predicted octanol–water partition coefficient (Wildman–Crippen LogP) is 3.09. The van der Waals surface area contributed by atoms with Crippen LogP contribution in [0, 0.1) is 11.2 Å². The minimum atomic E-state index is -4.80. The summed E-state index contributed by atoms with van der Waals surface area (Å²) in [6.45, 7) is 2.59. The molecule has 0 aliphatic carbocycles. The number of hydrogen-bond acceptors (Lipinski definition) is 2. The van der Waals surface area contributed by atoms with Crippen LogP contribution in [0.1, 0.15) is 28.8 Å². The molecule has 1 unspecified atom stereocenters. The van der Waals surface area contributed by atoms with E-state index in [0.717, 1.165) is 38.1 Å². The third-order valence-corrected chi connectivity index (χ3v) is 4.59. The first-order chi connectivity index (χ1) is 10.3. The van der Waals surface area contributed by atoms with Crippen LogP contribution in [0.5, 0.6) is 0 Å². The van der Waals surface area contributed by atoms with Gasteiger partial charge in [0.25, 0.3) is 5.91 Å². The molecule has 0 aromatic heterocycles. The highest BCUT2D eigenvalue weighted by atomic mass is 35.5. The van der Waals surface area contributed by atoms with Gasteiger partial charge in [0.2, 0.25) is 0 Å². The Morgan fingerprint density at radius 1 is 1.26 bits per heavy atom. The van der Waals surface area contributed by atoms with E-state index in [4.69, 9.17) is 0 Å². The summed E-state index contributed by atoms with van der Waals surface area (Å²) in [6, 6.07) is 2.84. The van der Waals surface area contributed by atoms with Crippen molar-refractivity contribution in [1.82, 2.24) is 10.2 Å². The summed E-state index contributed by atoms with van der Waals surface area (Å²) in [7, 11) is 0. The molecular weight excluding hydrogens is 336 g/mol. The van der Waals surface area contributed by atoms with Crippen LogP contribution < -0.4 is 5.32 Å². The van der Waals surface area contributed by atoms with E-state index in [0.29, 0.717) is 19.2 Å². The summed E-state index contributed by atoms with van der Waals surface area (Å²) >= 11 is 0. The smallest absolute Gasteiger partial charge is 0.338 e. The highest BCUT2D eigenvalue weighted by molar-refractivity contribution is 5.95. The van der Waals surface area contributed by atoms with Gasteiger partial charge in [-0.2, -0.15) is 13.2 Å². The van der Waals surface area contributed by atoms with E-state index < -0.39 is 29.0 Å². The van der Waals surface area contributed by atoms with Crippen molar-refractivity contribution in [1.29, 1.82) is 0 Å². The predicted molar refractivity (Wildman–Crippen MR) is 79.1 cm³/mol. The van der Waals surface area contributed by atoms with Gasteiger partial charge >= 0.3 is 6.18 Å². The molecule has 23 heavy (non-hydrogen) atoms. The Bertz CT molecular complexity index is 600. The Labute approximate surface area is 137 Å². The first-order valence-corrected chi connectivity index (χ1v) is 7.18. The second kappa shape index (κ2) is 6.28. The monoisotopic (exact) mass is 352 g/mol. The van der Waals surface area contributed by atoms with Gasteiger partial charge < -0.3 is 10.2 Å². The zero-order valence-electron chi connectivity index (χ0n) is 12.3. The first-order valence-electron chi connectivity index (χ1n) is 7.18. The van der Waals surface area contributed by atoms with Gasteiger partial charge in [0.1, 0.15) is 5.82 Å². The average Bonchev–Trinajstić information content (AvgIpc) is 3.08. The number of carbonyl (C=O) groups is 1. The zero-order valence-corrected chi connectivity index (χ0v) is 13.1. The molecule has 0 saturated carbocycles. The van der Waals surface area contributed by atoms with Gasteiger partial charge in [0.15, 0.2) is 0 Å². The summed E-state index contributed by atoms with van der Waals surface area (Å²) in [6.07, 6.45) is -3.07. The first kappa shape index (κ1) is 18.0. The molecule has 3 nitrogen and oxygen atoms in total. The van der Waals surface area contributed by atoms with Crippen LogP contribution >= 0.6 is 12.4 Å². The van der Waals surface area contributed by atoms with Crippen LogP contribution in [-0.2, 0) is 6.18 Å². The van der Waals surface area contributed by atoms with Crippen molar-refractivity contribution in [3.63, 3.8) is 0 Å². The molecule has 3 rings (SSSR count). The number of amides is 1. The molecule has 128 valence electrons. The lowest BCUT2D eigenvalue weighted by Gasteiger charge is -2.23. The molecule has 2 saturated heterocycles. The van der Waals surface area contributed by atoms with Crippen LogP contribution in [0.4, 0.5) is 17.6 Å². The SMILES string of the molecule is Cl.O=C(c1cccc(C(F)(F)F)c1F)N1CCC2(CCNC2)C1. The largest absolute Gasteiger partial charge is 0.419 e. The number of alkyl halides is 3. The maximum atomic E-state index is 14.1. The van der Waals surface area contributed by atoms with Gasteiger partial charge in [-0.1, -0.05) is 6.07 Å². The topological polar surface area (TPSA) is 32.3 Å². The molecule has 1 N–H and O–H groups in total. The molecule has 0 bridgehead atoms. The van der Waals surface area contributed by atoms with E-state index in [1.165, 1.54) is 4.90 Å². The minimum Gasteiger partial charge on any atom is -0.338 e. The number of likely N-dealkylation sites (tertiary alicyclic amines) is 1. The molecular formula is C15H17ClF4N2O. The Hall–Kier alpha value is -1.34. The second-order valence-electron chi connectivity index (χ2n) is 6.07. The number of halogens is 5. The molecule has 1 spiro atoms. The number of nitrogens with zero attached hydrogens (tertiary/aromatic N) is 1. The van der Waals surface area contributed by atoms with E-state index in [2.05, 4.69) is 5.32 Å². The standard InChI is InChI=1S/C15H16F4N2O.ClH/c16-12-10(2-1-3-11(12)15(17,18)19)13(22)21-7-5-14(9-21)4-6-20-8-14;/h1-3,20H,4-9H2;1H. The van der Waals surface area contributed by atoms with Crippen LogP contribution in [-0.4, -0.2) is 37.0 Å². The summed E-state index contributed by atoms with van der Waals surface area (Å²) in [5, 5.41) is 3.23. The number of nitrogens with one attached hydrogen (secondary N) is 1. The van der Waals surface area contributed by atoms with Gasteiger partial charge in [0.05, 0.1) is 11.1 Å². The van der Waals surface area contributed by atoms with Crippen molar-refractivity contribution in [2.24, 2.45) is 5.41 Å². The van der Waals surface area contributed by atoms with E-state index in [9.17, 15) is 22.4 Å². The minimum absolute atomic E-state index is 0. The second-order valence-corrected chi connectivity index (χ2v) is 6.07. The summed E-state index contributed by atoms with van der Waals surface area (Å²) in [5.74, 6) is -2.14. The highest BCUT2D eigenvalue weighted by Crippen LogP contribution is 2.37. The number of carbonyl (C=O) groups excluding carboxylic acids is 1. The molecule has 1 aromatic carbocycles. The number of hydrogen-bond donors (Lipinski definition) is 1. The maximum Gasteiger partial charge on any atom is 0.419 e. The van der Waals surface area contributed by atoms with E-state index >= 15 is 0 Å². The molecule has 1 aromatic rings.